The second-order valence-electron chi connectivity index (χ2n) is 7.29. The number of carbonyl (C=O) groups excluding carboxylic acids is 2. The van der Waals surface area contributed by atoms with Crippen LogP contribution >= 0.6 is 11.6 Å². The van der Waals surface area contributed by atoms with Crippen LogP contribution in [-0.4, -0.2) is 51.3 Å². The van der Waals surface area contributed by atoms with Crippen molar-refractivity contribution in [2.75, 3.05) is 30.5 Å². The first kappa shape index (κ1) is 22.1. The molecule has 1 heterocycles. The summed E-state index contributed by atoms with van der Waals surface area (Å²) in [5.74, 6) is -0.472. The largest absolute Gasteiger partial charge is 0.353 e. The Labute approximate surface area is 181 Å². The number of hydrogen-bond donors (Lipinski definition) is 1. The van der Waals surface area contributed by atoms with Gasteiger partial charge >= 0.3 is 0 Å². The molecule has 1 saturated heterocycles. The van der Waals surface area contributed by atoms with Gasteiger partial charge < -0.3 is 10.2 Å². The molecule has 2 amide bonds. The van der Waals surface area contributed by atoms with E-state index in [9.17, 15) is 18.0 Å². The molecule has 0 saturated carbocycles. The Morgan fingerprint density at radius 1 is 1.13 bits per heavy atom. The predicted molar refractivity (Wildman–Crippen MR) is 116 cm³/mol. The number of hydrogen-bond acceptors (Lipinski definition) is 4. The first-order valence-electron chi connectivity index (χ1n) is 9.58. The highest BCUT2D eigenvalue weighted by atomic mass is 35.5. The van der Waals surface area contributed by atoms with Gasteiger partial charge in [-0.2, -0.15) is 0 Å². The Balaban J connectivity index is 1.90. The SMILES string of the molecule is Cc1cc(C)cc(N(CCC(=O)N2CCNC(=O)C2)S(=O)(=O)c2ccc(Cl)cc2)c1. The van der Waals surface area contributed by atoms with Crippen molar-refractivity contribution in [2.24, 2.45) is 0 Å². The van der Waals surface area contributed by atoms with Crippen molar-refractivity contribution >= 4 is 39.1 Å². The number of benzene rings is 2. The molecule has 1 N–H and O–H groups in total. The van der Waals surface area contributed by atoms with E-state index < -0.39 is 10.0 Å². The van der Waals surface area contributed by atoms with Crippen LogP contribution in [0.4, 0.5) is 5.69 Å². The fraction of sp³-hybridized carbons (Fsp3) is 0.333. The molecule has 2 aromatic carbocycles. The summed E-state index contributed by atoms with van der Waals surface area (Å²) in [5, 5.41) is 3.11. The number of carbonyl (C=O) groups is 2. The molecule has 3 rings (SSSR count). The fourth-order valence-electron chi connectivity index (χ4n) is 3.42. The minimum atomic E-state index is -3.92. The second kappa shape index (κ2) is 9.06. The molecule has 160 valence electrons. The van der Waals surface area contributed by atoms with Gasteiger partial charge in [0.15, 0.2) is 0 Å². The van der Waals surface area contributed by atoms with Crippen molar-refractivity contribution in [3.05, 3.63) is 58.6 Å². The van der Waals surface area contributed by atoms with Crippen LogP contribution < -0.4 is 9.62 Å². The zero-order chi connectivity index (χ0) is 21.9. The van der Waals surface area contributed by atoms with Gasteiger partial charge in [0.1, 0.15) is 0 Å². The van der Waals surface area contributed by atoms with Crippen molar-refractivity contribution in [3.8, 4) is 0 Å². The quantitative estimate of drug-likeness (QED) is 0.734. The average molecular weight is 450 g/mol. The molecule has 30 heavy (non-hydrogen) atoms. The van der Waals surface area contributed by atoms with Crippen molar-refractivity contribution in [1.82, 2.24) is 10.2 Å². The summed E-state index contributed by atoms with van der Waals surface area (Å²) in [6.45, 7) is 4.55. The summed E-state index contributed by atoms with van der Waals surface area (Å²) in [6.07, 6.45) is -0.0346. The standard InChI is InChI=1S/C21H24ClN3O4S/c1-15-11-16(2)13-18(12-15)25(30(28,29)19-5-3-17(22)4-6-19)9-7-21(27)24-10-8-23-20(26)14-24/h3-6,11-13H,7-10,14H2,1-2H3,(H,23,26). The molecule has 0 atom stereocenters. The average Bonchev–Trinajstić information content (AvgIpc) is 2.67. The van der Waals surface area contributed by atoms with Gasteiger partial charge in [0.25, 0.3) is 10.0 Å². The van der Waals surface area contributed by atoms with E-state index in [-0.39, 0.29) is 36.2 Å². The van der Waals surface area contributed by atoms with Gasteiger partial charge in [-0.05, 0) is 61.4 Å². The van der Waals surface area contributed by atoms with Gasteiger partial charge in [0, 0.05) is 31.1 Å². The number of nitrogens with zero attached hydrogens (tertiary/aromatic N) is 2. The van der Waals surface area contributed by atoms with Crippen LogP contribution in [0.2, 0.25) is 5.02 Å². The van der Waals surface area contributed by atoms with E-state index in [0.29, 0.717) is 23.8 Å². The predicted octanol–water partition coefficient (Wildman–Crippen LogP) is 2.50. The Morgan fingerprint density at radius 3 is 2.37 bits per heavy atom. The second-order valence-corrected chi connectivity index (χ2v) is 9.59. The molecule has 0 spiro atoms. The number of amides is 2. The lowest BCUT2D eigenvalue weighted by molar-refractivity contribution is -0.138. The highest BCUT2D eigenvalue weighted by Crippen LogP contribution is 2.27. The first-order chi connectivity index (χ1) is 14.2. The number of rotatable bonds is 6. The molecule has 0 aliphatic carbocycles. The molecule has 0 radical (unpaired) electrons. The van der Waals surface area contributed by atoms with Crippen molar-refractivity contribution in [3.63, 3.8) is 0 Å². The number of piperazine rings is 1. The van der Waals surface area contributed by atoms with E-state index in [1.54, 1.807) is 12.1 Å². The van der Waals surface area contributed by atoms with E-state index in [1.807, 2.05) is 19.9 Å². The number of nitrogens with one attached hydrogen (secondary N) is 1. The van der Waals surface area contributed by atoms with E-state index in [1.165, 1.54) is 33.5 Å². The lowest BCUT2D eigenvalue weighted by Crippen LogP contribution is -2.50. The normalized spacial score (nSPS) is 14.4. The van der Waals surface area contributed by atoms with Gasteiger partial charge in [-0.25, -0.2) is 8.42 Å². The molecule has 1 fully saturated rings. The van der Waals surface area contributed by atoms with Crippen molar-refractivity contribution in [1.29, 1.82) is 0 Å². The first-order valence-corrected chi connectivity index (χ1v) is 11.4. The third kappa shape index (κ3) is 5.12. The Hall–Kier alpha value is -2.58. The van der Waals surface area contributed by atoms with Crippen LogP contribution in [0.25, 0.3) is 0 Å². The maximum atomic E-state index is 13.4. The molecule has 0 bridgehead atoms. The lowest BCUT2D eigenvalue weighted by Gasteiger charge is -2.29. The lowest BCUT2D eigenvalue weighted by atomic mass is 10.1. The molecule has 1 aliphatic rings. The van der Waals surface area contributed by atoms with Crippen LogP contribution in [-0.2, 0) is 19.6 Å². The van der Waals surface area contributed by atoms with Crippen LogP contribution in [0.15, 0.2) is 47.4 Å². The minimum absolute atomic E-state index is 0.00762. The van der Waals surface area contributed by atoms with Crippen molar-refractivity contribution < 1.29 is 18.0 Å². The van der Waals surface area contributed by atoms with E-state index in [2.05, 4.69) is 5.32 Å². The smallest absolute Gasteiger partial charge is 0.264 e. The molecule has 9 heteroatoms. The maximum absolute atomic E-state index is 13.4. The summed E-state index contributed by atoms with van der Waals surface area (Å²) >= 11 is 5.91. The topological polar surface area (TPSA) is 86.8 Å². The molecule has 2 aromatic rings. The van der Waals surface area contributed by atoms with Gasteiger partial charge in [-0.1, -0.05) is 17.7 Å². The third-order valence-electron chi connectivity index (χ3n) is 4.82. The number of aryl methyl sites for hydroxylation is 2. The molecule has 0 aromatic heterocycles. The molecular formula is C21H24ClN3O4S. The molecule has 0 unspecified atom stereocenters. The van der Waals surface area contributed by atoms with Crippen molar-refractivity contribution in [2.45, 2.75) is 25.2 Å². The number of sulfonamides is 1. The summed E-state index contributed by atoms with van der Waals surface area (Å²) < 4.78 is 28.1. The summed E-state index contributed by atoms with van der Waals surface area (Å²) in [6, 6.07) is 11.4. The zero-order valence-electron chi connectivity index (χ0n) is 16.9. The van der Waals surface area contributed by atoms with Gasteiger partial charge in [-0.3, -0.25) is 13.9 Å². The Kier molecular flexibility index (Phi) is 6.67. The van der Waals surface area contributed by atoms with Crippen LogP contribution in [0, 0.1) is 13.8 Å². The maximum Gasteiger partial charge on any atom is 0.264 e. The van der Waals surface area contributed by atoms with Crippen LogP contribution in [0.1, 0.15) is 17.5 Å². The van der Waals surface area contributed by atoms with Crippen LogP contribution in [0.5, 0.6) is 0 Å². The molecule has 7 nitrogen and oxygen atoms in total. The Bertz CT molecular complexity index is 1030. The van der Waals surface area contributed by atoms with E-state index in [0.717, 1.165) is 11.1 Å². The summed E-state index contributed by atoms with van der Waals surface area (Å²) in [4.78, 5) is 25.7. The van der Waals surface area contributed by atoms with E-state index >= 15 is 0 Å². The summed E-state index contributed by atoms with van der Waals surface area (Å²) in [7, 11) is -3.92. The van der Waals surface area contributed by atoms with Gasteiger partial charge in [0.05, 0.1) is 17.1 Å². The summed E-state index contributed by atoms with van der Waals surface area (Å²) in [5.41, 5.74) is 2.33. The molecular weight excluding hydrogens is 426 g/mol. The molecule has 1 aliphatic heterocycles. The fourth-order valence-corrected chi connectivity index (χ4v) is 5.00. The van der Waals surface area contributed by atoms with Gasteiger partial charge in [-0.15, -0.1) is 0 Å². The highest BCUT2D eigenvalue weighted by molar-refractivity contribution is 7.92. The monoisotopic (exact) mass is 449 g/mol. The van der Waals surface area contributed by atoms with E-state index in [4.69, 9.17) is 11.6 Å². The minimum Gasteiger partial charge on any atom is -0.353 e. The number of anilines is 1. The van der Waals surface area contributed by atoms with Gasteiger partial charge in [0.2, 0.25) is 11.8 Å². The highest BCUT2D eigenvalue weighted by Gasteiger charge is 2.28. The Morgan fingerprint density at radius 2 is 1.77 bits per heavy atom. The number of halogens is 1. The van der Waals surface area contributed by atoms with Crippen LogP contribution in [0.3, 0.4) is 0 Å². The zero-order valence-corrected chi connectivity index (χ0v) is 18.5. The third-order valence-corrected chi connectivity index (χ3v) is 6.91.